The second kappa shape index (κ2) is 44.0. The maximum Gasteiger partial charge on any atom is 0.412 e. The Kier molecular flexibility index (Phi) is 33.5. The van der Waals surface area contributed by atoms with Gasteiger partial charge in [0.1, 0.15) is 59.1 Å². The molecule has 125 heavy (non-hydrogen) atoms. The zero-order chi connectivity index (χ0) is 89.1. The molecule has 0 aromatic carbocycles. The molecule has 8 aromatic rings. The summed E-state index contributed by atoms with van der Waals surface area (Å²) in [5.74, 6) is -0.712. The van der Waals surface area contributed by atoms with E-state index in [1.165, 1.54) is 135 Å². The predicted molar refractivity (Wildman–Crippen MR) is 440 cm³/mol. The van der Waals surface area contributed by atoms with E-state index >= 15 is 0 Å². The fourth-order valence-electron chi connectivity index (χ4n) is 12.7. The first kappa shape index (κ1) is 95.2. The molecule has 10 amide bonds. The second-order valence-corrected chi connectivity index (χ2v) is 30.5. The molecular formula is C75H75Cl8N25O17. The quantitative estimate of drug-likeness (QED) is 0.0497. The molecule has 0 bridgehead atoms. The van der Waals surface area contributed by atoms with Crippen molar-refractivity contribution in [2.75, 3.05) is 138 Å². The summed E-state index contributed by atoms with van der Waals surface area (Å²) in [5.41, 5.74) is -0.761. The lowest BCUT2D eigenvalue weighted by Gasteiger charge is -2.37. The summed E-state index contributed by atoms with van der Waals surface area (Å²) in [5, 5.41) is 12.2. The molecular weight excluding hydrogens is 1810 g/mol. The molecule has 8 aromatic heterocycles. The van der Waals surface area contributed by atoms with E-state index in [2.05, 4.69) is 74.8 Å². The molecule has 0 radical (unpaired) electrons. The van der Waals surface area contributed by atoms with Crippen molar-refractivity contribution in [2.45, 2.75) is 56.8 Å². The molecule has 0 aliphatic carbocycles. The van der Waals surface area contributed by atoms with E-state index in [0.717, 1.165) is 19.5 Å². The first-order valence-electron chi connectivity index (χ1n) is 37.5. The van der Waals surface area contributed by atoms with Crippen molar-refractivity contribution < 1.29 is 98.1 Å². The van der Waals surface area contributed by atoms with Crippen molar-refractivity contribution in [3.05, 3.63) is 189 Å². The third-order valence-corrected chi connectivity index (χ3v) is 20.0. The zero-order valence-corrected chi connectivity index (χ0v) is 72.6. The summed E-state index contributed by atoms with van der Waals surface area (Å²) < 4.78 is 32.0. The minimum Gasteiger partial charge on any atom is -1.00 e. The van der Waals surface area contributed by atoms with Crippen molar-refractivity contribution in [1.29, 1.82) is 5.26 Å². The number of anilines is 4. The average Bonchev–Trinajstić information content (AvgIpc) is 1.63. The number of carbonyl (C=O) groups is 11. The molecule has 8 aliphatic rings. The number of halogens is 8. The van der Waals surface area contributed by atoms with E-state index in [9.17, 15) is 52.7 Å². The fraction of sp³-hybridized carbons (Fsp3) is 0.360. The zero-order valence-electron chi connectivity index (χ0n) is 66.6. The van der Waals surface area contributed by atoms with Gasteiger partial charge in [0.25, 0.3) is 23.6 Å². The van der Waals surface area contributed by atoms with Crippen LogP contribution in [0.5, 0.6) is 0 Å². The highest BCUT2D eigenvalue weighted by Gasteiger charge is 2.49. The number of rotatable bonds is 11. The van der Waals surface area contributed by atoms with Crippen molar-refractivity contribution in [3.63, 3.8) is 0 Å². The van der Waals surface area contributed by atoms with E-state index in [-0.39, 0.29) is 94.6 Å². The van der Waals surface area contributed by atoms with Gasteiger partial charge in [0, 0.05) is 171 Å². The van der Waals surface area contributed by atoms with Crippen LogP contribution in [0.4, 0.5) is 52.0 Å². The van der Waals surface area contributed by atoms with E-state index in [1.54, 1.807) is 58.3 Å². The molecule has 4 saturated heterocycles. The van der Waals surface area contributed by atoms with Crippen LogP contribution in [-0.2, 0) is 33.2 Å². The van der Waals surface area contributed by atoms with Crippen LogP contribution in [0.2, 0.25) is 20.1 Å². The van der Waals surface area contributed by atoms with Crippen molar-refractivity contribution in [3.8, 4) is 6.07 Å². The number of quaternary nitrogens is 1. The highest BCUT2D eigenvalue weighted by atomic mass is 35.5. The average molecular weight is 1880 g/mol. The van der Waals surface area contributed by atoms with Crippen LogP contribution >= 0.6 is 81.2 Å². The number of pyridine rings is 4. The molecule has 50 heteroatoms. The third kappa shape index (κ3) is 23.7. The number of fused-ring (bicyclic) bond motifs is 4. The number of nitrogens with zero attached hydrogens (tertiary/aromatic N) is 24. The molecule has 2 unspecified atom stereocenters. The first-order valence-corrected chi connectivity index (χ1v) is 40.2. The number of hydrogen-bond donors (Lipinski definition) is 1. The number of amides is 10. The Balaban J connectivity index is 0.000000168. The molecule has 6 atom stereocenters. The Bertz CT molecular complexity index is 5230. The molecule has 0 spiro atoms. The highest BCUT2D eigenvalue weighted by molar-refractivity contribution is 6.61. The maximum atomic E-state index is 12.9. The monoisotopic (exact) mass is 1880 g/mol. The number of aromatic nitrogens is 12. The second-order valence-electron chi connectivity index (χ2n) is 27.2. The topological polar surface area (TPSA) is 466 Å². The lowest BCUT2D eigenvalue weighted by atomic mass is 10.3. The molecule has 8 aliphatic heterocycles. The van der Waals surface area contributed by atoms with Crippen LogP contribution in [0.1, 0.15) is 110 Å². The van der Waals surface area contributed by atoms with Gasteiger partial charge in [-0.2, -0.15) is 5.26 Å². The number of alkyl halides is 2. The minimum atomic E-state index is -1.15. The lowest BCUT2D eigenvalue weighted by molar-refractivity contribution is -0.830. The van der Waals surface area contributed by atoms with Gasteiger partial charge in [0.2, 0.25) is 24.9 Å². The number of nitrogens with one attached hydrogen (secondary N) is 1. The van der Waals surface area contributed by atoms with Gasteiger partial charge in [-0.3, -0.25) is 48.5 Å². The number of nitriles is 1. The molecule has 0 saturated carbocycles. The SMILES string of the molecule is CC#N.CC(Cl)OC(=O)Cl.CC(Cl)OC(=O)N1CCN(C(=O)O[C@H]2c3nccnc3C(=O)N2c2ccc(Cl)cn2)CC1.CN1CCN(C(=O)O[C@H]2c3nccnc3C(=O)N2c2ccc(Cl)cn2)CC1.C[N+]1(C=O)CCN(C(=O)O[C@H]2c3nccnc3C(=O)N2c2ccc(Cl)cn2)CC1.O=C(O[C@H]1c2nccnc2C(=O)N1c1ccc(Cl)cn1)N1CCNCC1.[Cl-]. The van der Waals surface area contributed by atoms with Gasteiger partial charge >= 0.3 is 42.3 Å². The van der Waals surface area contributed by atoms with Gasteiger partial charge in [-0.1, -0.05) is 69.6 Å². The van der Waals surface area contributed by atoms with E-state index in [0.29, 0.717) is 103 Å². The number of piperazine rings is 4. The summed E-state index contributed by atoms with van der Waals surface area (Å²) in [7, 11) is 3.81. The smallest absolute Gasteiger partial charge is 0.412 e. The van der Waals surface area contributed by atoms with Crippen LogP contribution in [0.25, 0.3) is 0 Å². The lowest BCUT2D eigenvalue weighted by Crippen LogP contribution is -3.00. The maximum absolute atomic E-state index is 12.9. The molecule has 42 nitrogen and oxygen atoms in total. The largest absolute Gasteiger partial charge is 1.00 e. The van der Waals surface area contributed by atoms with E-state index in [4.69, 9.17) is 110 Å². The van der Waals surface area contributed by atoms with E-state index < -0.39 is 95.6 Å². The van der Waals surface area contributed by atoms with Crippen LogP contribution in [0.15, 0.2) is 123 Å². The van der Waals surface area contributed by atoms with Gasteiger partial charge in [-0.25, -0.2) is 93.0 Å². The number of carbonyl (C=O) groups excluding carboxylic acids is 11. The summed E-state index contributed by atoms with van der Waals surface area (Å²) in [6.07, 6.45) is 10.8. The van der Waals surface area contributed by atoms with Crippen LogP contribution in [0, 0.1) is 11.3 Å². The summed E-state index contributed by atoms with van der Waals surface area (Å²) >= 11 is 39.1. The Morgan fingerprint density at radius 1 is 0.432 bits per heavy atom. The predicted octanol–water partition coefficient (Wildman–Crippen LogP) is 6.17. The Hall–Kier alpha value is -12.0. The van der Waals surface area contributed by atoms with Crippen molar-refractivity contribution >= 4 is 170 Å². The van der Waals surface area contributed by atoms with Crippen molar-refractivity contribution in [2.24, 2.45) is 0 Å². The standard InChI is InChI=1S/C19H18Cl2N6O5.C18H18ClN6O4.C17H17ClN6O3.C16H15ClN6O3.C3H4Cl2O2.C2H3N.ClH/c1-11(20)31-18(29)25-6-8-26(9-7-25)19(30)32-17-15-14(22-4-5-23-15)16(28)27(17)13-3-2-12(21)10-24-13;1-25(11-26)8-6-23(7-9-25)18(28)29-17-15-14(20-4-5-21-15)16(27)24(17)13-3-2-12(19)10-22-13;1-22-6-8-23(9-7-22)17(26)27-16-14-13(19-4-5-20-14)15(25)24(16)12-3-2-11(18)10-21-12;17-10-1-2-11(21-9-10)23-14(24)12-13(20-4-3-19-12)15(23)26-16(25)22-7-5-18-6-8-22;1-2(4)7-3(5)6;1-2-3;/h2-5,10-11,17H,6-9H2,1H3;2-5,10-11,17H,6-9H2,1H3;2-5,10,16H,6-9H2,1H3;1-4,9,15,18H,5-8H2;2H,1H3;1H3;1H/q;+1;;;;;/p-1/t11?,17-;17-;16-;15-;;;/m0000.../s1. The first-order chi connectivity index (χ1) is 59.5. The molecule has 16 rings (SSSR count). The van der Waals surface area contributed by atoms with Crippen LogP contribution in [0.3, 0.4) is 0 Å². The van der Waals surface area contributed by atoms with Gasteiger partial charge in [-0.15, -0.1) is 0 Å². The van der Waals surface area contributed by atoms with Gasteiger partial charge in [-0.05, 0) is 69.4 Å². The van der Waals surface area contributed by atoms with Gasteiger partial charge in [0.05, 0.1) is 46.3 Å². The van der Waals surface area contributed by atoms with Gasteiger partial charge in [0.15, 0.2) is 33.9 Å². The summed E-state index contributed by atoms with van der Waals surface area (Å²) in [6.45, 7) is 12.2. The van der Waals surface area contributed by atoms with Crippen LogP contribution < -0.4 is 37.3 Å². The number of hydrogen-bond acceptors (Lipinski definition) is 32. The van der Waals surface area contributed by atoms with Crippen molar-refractivity contribution in [1.82, 2.24) is 94.5 Å². The molecule has 4 fully saturated rings. The summed E-state index contributed by atoms with van der Waals surface area (Å²) in [6, 6.07) is 14.4. The Morgan fingerprint density at radius 3 is 0.936 bits per heavy atom. The minimum absolute atomic E-state index is 0. The highest BCUT2D eigenvalue weighted by Crippen LogP contribution is 2.41. The third-order valence-electron chi connectivity index (χ3n) is 18.9. The molecule has 658 valence electrons. The Labute approximate surface area is 753 Å². The Morgan fingerprint density at radius 2 is 0.688 bits per heavy atom. The molecule has 1 N–H and O–H groups in total. The number of ether oxygens (including phenoxy) is 6. The van der Waals surface area contributed by atoms with Gasteiger partial charge < -0.3 is 70.6 Å². The van der Waals surface area contributed by atoms with E-state index in [1.807, 2.05) is 14.1 Å². The summed E-state index contributed by atoms with van der Waals surface area (Å²) in [4.78, 5) is 200. The normalized spacial score (nSPS) is 18.7. The fourth-order valence-corrected chi connectivity index (χ4v) is 13.4. The molecule has 16 heterocycles. The van der Waals surface area contributed by atoms with Crippen LogP contribution in [-0.4, -0.2) is 290 Å². The number of likely N-dealkylation sites (N-methyl/N-ethyl adjacent to an activating group) is 2.